The number of anilines is 1. The van der Waals surface area contributed by atoms with Crippen LogP contribution in [0, 0.1) is 0 Å². The summed E-state index contributed by atoms with van der Waals surface area (Å²) in [5, 5.41) is 6.86. The van der Waals surface area contributed by atoms with Gasteiger partial charge in [0, 0.05) is 18.2 Å². The van der Waals surface area contributed by atoms with Gasteiger partial charge < -0.3 is 19.5 Å². The van der Waals surface area contributed by atoms with Crippen molar-refractivity contribution in [3.8, 4) is 11.5 Å². The van der Waals surface area contributed by atoms with E-state index in [0.29, 0.717) is 23.9 Å². The minimum Gasteiger partial charge on any atom is -0.493 e. The topological polar surface area (TPSA) is 91.7 Å². The second kappa shape index (κ2) is 10.3. The maximum Gasteiger partial charge on any atom is 0.331 e. The summed E-state index contributed by atoms with van der Waals surface area (Å²) in [6, 6.07) is 7.08. The van der Waals surface area contributed by atoms with Crippen molar-refractivity contribution in [3.05, 3.63) is 42.1 Å². The van der Waals surface area contributed by atoms with Crippen LogP contribution in [0.15, 0.2) is 36.5 Å². The molecule has 0 aliphatic heterocycles. The lowest BCUT2D eigenvalue weighted by Crippen LogP contribution is -2.30. The molecule has 0 fully saturated rings. The van der Waals surface area contributed by atoms with E-state index in [1.807, 2.05) is 20.8 Å². The summed E-state index contributed by atoms with van der Waals surface area (Å²) in [5.41, 5.74) is 0.736. The third-order valence-corrected chi connectivity index (χ3v) is 3.97. The fourth-order valence-electron chi connectivity index (χ4n) is 2.55. The molecular formula is C21H27N3O5. The van der Waals surface area contributed by atoms with Crippen molar-refractivity contribution >= 4 is 23.8 Å². The number of amides is 1. The Kier molecular flexibility index (Phi) is 7.82. The normalized spacial score (nSPS) is 12.1. The zero-order valence-corrected chi connectivity index (χ0v) is 17.3. The Bertz CT molecular complexity index is 873. The number of nitrogens with one attached hydrogen (secondary N) is 1. The lowest BCUT2D eigenvalue weighted by Gasteiger charge is -2.15. The Balaban J connectivity index is 1.95. The summed E-state index contributed by atoms with van der Waals surface area (Å²) in [6.07, 6.45) is 3.48. The maximum atomic E-state index is 12.3. The van der Waals surface area contributed by atoms with Crippen molar-refractivity contribution in [1.82, 2.24) is 9.78 Å². The lowest BCUT2D eigenvalue weighted by atomic mass is 10.2. The van der Waals surface area contributed by atoms with Gasteiger partial charge in [0.05, 0.1) is 19.9 Å². The van der Waals surface area contributed by atoms with Gasteiger partial charge >= 0.3 is 5.97 Å². The monoisotopic (exact) mass is 401 g/mol. The number of hydrogen-bond donors (Lipinski definition) is 1. The summed E-state index contributed by atoms with van der Waals surface area (Å²) in [5.74, 6) is 0.678. The van der Waals surface area contributed by atoms with Gasteiger partial charge in [-0.05, 0) is 51.5 Å². The molecule has 1 N–H and O–H groups in total. The van der Waals surface area contributed by atoms with Gasteiger partial charge in [-0.2, -0.15) is 5.10 Å². The molecule has 1 aromatic heterocycles. The second-order valence-corrected chi connectivity index (χ2v) is 6.50. The van der Waals surface area contributed by atoms with Gasteiger partial charge in [-0.15, -0.1) is 0 Å². The molecule has 2 aromatic rings. The molecule has 2 rings (SSSR count). The highest BCUT2D eigenvalue weighted by molar-refractivity contribution is 5.96. The van der Waals surface area contributed by atoms with Crippen LogP contribution in [0.2, 0.25) is 0 Å². The Morgan fingerprint density at radius 2 is 1.97 bits per heavy atom. The van der Waals surface area contributed by atoms with E-state index >= 15 is 0 Å². The van der Waals surface area contributed by atoms with Gasteiger partial charge in [0.15, 0.2) is 17.6 Å². The first-order chi connectivity index (χ1) is 13.8. The van der Waals surface area contributed by atoms with Gasteiger partial charge in [-0.1, -0.05) is 6.07 Å². The molecule has 156 valence electrons. The molecule has 0 bridgehead atoms. The Morgan fingerprint density at radius 1 is 1.21 bits per heavy atom. The SMILES string of the molecule is CCOc1ccc(/C=C/C(=O)O[C@H](C)C(=O)Nc2ccnn2C(C)C)cc1OC. The number of esters is 1. The molecular weight excluding hydrogens is 374 g/mol. The standard InChI is InChI=1S/C21H27N3O5/c1-6-28-17-9-7-16(13-18(17)27-5)8-10-20(25)29-15(4)21(26)23-19-11-12-22-24(19)14(2)3/h7-15H,6H2,1-5H3,(H,23,26)/b10-8+/t15-/m1/s1. The van der Waals surface area contributed by atoms with Crippen LogP contribution in [0.3, 0.4) is 0 Å². The molecule has 0 radical (unpaired) electrons. The first kappa shape index (κ1) is 22.0. The van der Waals surface area contributed by atoms with Crippen molar-refractivity contribution in [2.75, 3.05) is 19.0 Å². The summed E-state index contributed by atoms with van der Waals surface area (Å²) < 4.78 is 17.6. The van der Waals surface area contributed by atoms with E-state index in [2.05, 4.69) is 10.4 Å². The smallest absolute Gasteiger partial charge is 0.331 e. The summed E-state index contributed by atoms with van der Waals surface area (Å²) >= 11 is 0. The van der Waals surface area contributed by atoms with Crippen molar-refractivity contribution in [3.63, 3.8) is 0 Å². The maximum absolute atomic E-state index is 12.3. The number of nitrogens with zero attached hydrogens (tertiary/aromatic N) is 2. The molecule has 1 amide bonds. The number of benzene rings is 1. The van der Waals surface area contributed by atoms with E-state index in [1.54, 1.807) is 48.3 Å². The fourth-order valence-corrected chi connectivity index (χ4v) is 2.55. The number of carbonyl (C=O) groups is 2. The lowest BCUT2D eigenvalue weighted by molar-refractivity contribution is -0.148. The summed E-state index contributed by atoms with van der Waals surface area (Å²) in [6.45, 7) is 7.82. The molecule has 1 heterocycles. The second-order valence-electron chi connectivity index (χ2n) is 6.50. The number of aromatic nitrogens is 2. The average molecular weight is 401 g/mol. The van der Waals surface area contributed by atoms with Crippen molar-refractivity contribution in [1.29, 1.82) is 0 Å². The van der Waals surface area contributed by atoms with Gasteiger partial charge in [0.25, 0.3) is 5.91 Å². The molecule has 1 atom stereocenters. The zero-order valence-electron chi connectivity index (χ0n) is 17.3. The van der Waals surface area contributed by atoms with Crippen LogP contribution in [-0.2, 0) is 14.3 Å². The molecule has 0 spiro atoms. The van der Waals surface area contributed by atoms with E-state index in [1.165, 1.54) is 13.0 Å². The van der Waals surface area contributed by atoms with Crippen molar-refractivity contribution in [2.45, 2.75) is 39.8 Å². The van der Waals surface area contributed by atoms with E-state index in [0.717, 1.165) is 5.56 Å². The van der Waals surface area contributed by atoms with Gasteiger partial charge in [0.1, 0.15) is 5.82 Å². The predicted octanol–water partition coefficient (Wildman–Crippen LogP) is 3.45. The van der Waals surface area contributed by atoms with E-state index in [9.17, 15) is 9.59 Å². The third-order valence-electron chi connectivity index (χ3n) is 3.97. The number of ether oxygens (including phenoxy) is 3. The highest BCUT2D eigenvalue weighted by atomic mass is 16.5. The minimum atomic E-state index is -0.961. The Morgan fingerprint density at radius 3 is 2.62 bits per heavy atom. The molecule has 0 aliphatic carbocycles. The molecule has 0 unspecified atom stereocenters. The van der Waals surface area contributed by atoms with E-state index in [-0.39, 0.29) is 6.04 Å². The predicted molar refractivity (Wildman–Crippen MR) is 110 cm³/mol. The molecule has 8 nitrogen and oxygen atoms in total. The molecule has 8 heteroatoms. The molecule has 1 aromatic carbocycles. The van der Waals surface area contributed by atoms with Gasteiger partial charge in [0.2, 0.25) is 0 Å². The minimum absolute atomic E-state index is 0.0900. The number of hydrogen-bond acceptors (Lipinski definition) is 6. The van der Waals surface area contributed by atoms with Crippen LogP contribution in [0.25, 0.3) is 6.08 Å². The number of methoxy groups -OCH3 is 1. The van der Waals surface area contributed by atoms with Crippen LogP contribution in [0.1, 0.15) is 39.3 Å². The number of carbonyl (C=O) groups excluding carboxylic acids is 2. The Labute approximate surface area is 170 Å². The first-order valence-corrected chi connectivity index (χ1v) is 9.39. The molecule has 0 saturated heterocycles. The highest BCUT2D eigenvalue weighted by Crippen LogP contribution is 2.28. The molecule has 0 aliphatic rings. The van der Waals surface area contributed by atoms with E-state index in [4.69, 9.17) is 14.2 Å². The quantitative estimate of drug-likeness (QED) is 0.511. The summed E-state index contributed by atoms with van der Waals surface area (Å²) in [7, 11) is 1.55. The molecule has 29 heavy (non-hydrogen) atoms. The van der Waals surface area contributed by atoms with Crippen LogP contribution in [-0.4, -0.2) is 41.5 Å². The Hall–Kier alpha value is -3.29. The largest absolute Gasteiger partial charge is 0.493 e. The zero-order chi connectivity index (χ0) is 21.4. The van der Waals surface area contributed by atoms with Crippen molar-refractivity contribution in [2.24, 2.45) is 0 Å². The summed E-state index contributed by atoms with van der Waals surface area (Å²) in [4.78, 5) is 24.4. The van der Waals surface area contributed by atoms with Gasteiger partial charge in [-0.25, -0.2) is 9.48 Å². The van der Waals surface area contributed by atoms with Gasteiger partial charge in [-0.3, -0.25) is 4.79 Å². The highest BCUT2D eigenvalue weighted by Gasteiger charge is 2.18. The van der Waals surface area contributed by atoms with Crippen molar-refractivity contribution < 1.29 is 23.8 Å². The van der Waals surface area contributed by atoms with Crippen LogP contribution < -0.4 is 14.8 Å². The van der Waals surface area contributed by atoms with Crippen LogP contribution in [0.4, 0.5) is 5.82 Å². The molecule has 0 saturated carbocycles. The van der Waals surface area contributed by atoms with Crippen LogP contribution in [0.5, 0.6) is 11.5 Å². The van der Waals surface area contributed by atoms with Crippen LogP contribution >= 0.6 is 0 Å². The van der Waals surface area contributed by atoms with E-state index < -0.39 is 18.0 Å². The number of rotatable bonds is 9. The fraction of sp³-hybridized carbons (Fsp3) is 0.381. The average Bonchev–Trinajstić information content (AvgIpc) is 3.15. The first-order valence-electron chi connectivity index (χ1n) is 9.39. The third kappa shape index (κ3) is 6.10.